The molecule has 0 aliphatic rings. The van der Waals surface area contributed by atoms with E-state index in [0.717, 1.165) is 0 Å². The molecule has 0 radical (unpaired) electrons. The van der Waals surface area contributed by atoms with E-state index in [1.54, 1.807) is 0 Å². The number of carbonyl (C=O) groups excluding carboxylic acids is 2. The number of carbonyl (C=O) groups is 3. The number of primary amides is 1. The molecule has 0 aromatic carbocycles. The summed E-state index contributed by atoms with van der Waals surface area (Å²) in [6.07, 6.45) is -0.218. The first-order valence-corrected chi connectivity index (χ1v) is 5.54. The summed E-state index contributed by atoms with van der Waals surface area (Å²) in [4.78, 5) is 33.2. The summed E-state index contributed by atoms with van der Waals surface area (Å²) in [5, 5.41) is 11.2. The van der Waals surface area contributed by atoms with Crippen LogP contribution in [0.1, 0.15) is 29.2 Å². The monoisotopic (exact) mass is 269 g/mol. The molecule has 1 heterocycles. The SMILES string of the molecule is NCc1ccc(C(=O)NC(CCC(N)=O)C(=O)O)o1. The highest BCUT2D eigenvalue weighted by Crippen LogP contribution is 2.08. The number of hydrogen-bond acceptors (Lipinski definition) is 5. The molecular formula is C11H15N3O5. The molecule has 19 heavy (non-hydrogen) atoms. The summed E-state index contributed by atoms with van der Waals surface area (Å²) in [6.45, 7) is 0.136. The highest BCUT2D eigenvalue weighted by molar-refractivity contribution is 5.94. The smallest absolute Gasteiger partial charge is 0.326 e. The van der Waals surface area contributed by atoms with Crippen LogP contribution in [0.2, 0.25) is 0 Å². The minimum atomic E-state index is -1.25. The summed E-state index contributed by atoms with van der Waals surface area (Å²) in [6, 6.07) is 1.71. The van der Waals surface area contributed by atoms with Crippen molar-refractivity contribution in [2.45, 2.75) is 25.4 Å². The molecule has 8 heteroatoms. The summed E-state index contributed by atoms with van der Waals surface area (Å²) in [7, 11) is 0. The van der Waals surface area contributed by atoms with Crippen molar-refractivity contribution < 1.29 is 23.9 Å². The maximum Gasteiger partial charge on any atom is 0.326 e. The van der Waals surface area contributed by atoms with Gasteiger partial charge in [-0.25, -0.2) is 4.79 Å². The highest BCUT2D eigenvalue weighted by Gasteiger charge is 2.22. The second-order valence-corrected chi connectivity index (χ2v) is 3.84. The molecule has 1 rings (SSSR count). The number of nitrogens with two attached hydrogens (primary N) is 2. The number of carboxylic acids is 1. The van der Waals surface area contributed by atoms with Crippen LogP contribution in [0.25, 0.3) is 0 Å². The van der Waals surface area contributed by atoms with Crippen molar-refractivity contribution in [3.63, 3.8) is 0 Å². The van der Waals surface area contributed by atoms with Crippen molar-refractivity contribution in [1.82, 2.24) is 5.32 Å². The number of furan rings is 1. The van der Waals surface area contributed by atoms with Gasteiger partial charge in [0.15, 0.2) is 5.76 Å². The molecule has 0 bridgehead atoms. The van der Waals surface area contributed by atoms with Crippen molar-refractivity contribution >= 4 is 17.8 Å². The number of hydrogen-bond donors (Lipinski definition) is 4. The third-order valence-electron chi connectivity index (χ3n) is 2.37. The van der Waals surface area contributed by atoms with E-state index in [2.05, 4.69) is 5.32 Å². The molecule has 0 saturated carbocycles. The molecule has 0 aliphatic heterocycles. The van der Waals surface area contributed by atoms with Crippen LogP contribution in [0, 0.1) is 0 Å². The van der Waals surface area contributed by atoms with Crippen LogP contribution in [0.3, 0.4) is 0 Å². The zero-order valence-corrected chi connectivity index (χ0v) is 10.1. The van der Waals surface area contributed by atoms with E-state index in [9.17, 15) is 14.4 Å². The first-order valence-electron chi connectivity index (χ1n) is 5.54. The predicted octanol–water partition coefficient (Wildman–Crippen LogP) is -0.813. The average molecular weight is 269 g/mol. The zero-order chi connectivity index (χ0) is 14.4. The summed E-state index contributed by atoms with van der Waals surface area (Å²) in [5.41, 5.74) is 10.3. The predicted molar refractivity (Wildman–Crippen MR) is 63.9 cm³/mol. The summed E-state index contributed by atoms with van der Waals surface area (Å²) in [5.74, 6) is -2.19. The van der Waals surface area contributed by atoms with Gasteiger partial charge in [0.25, 0.3) is 5.91 Å². The molecule has 104 valence electrons. The number of rotatable bonds is 7. The Labute approximate surface area is 108 Å². The lowest BCUT2D eigenvalue weighted by molar-refractivity contribution is -0.139. The van der Waals surface area contributed by atoms with Crippen LogP contribution >= 0.6 is 0 Å². The highest BCUT2D eigenvalue weighted by atomic mass is 16.4. The van der Waals surface area contributed by atoms with Gasteiger partial charge in [0.2, 0.25) is 5.91 Å². The van der Waals surface area contributed by atoms with E-state index in [1.165, 1.54) is 12.1 Å². The number of aliphatic carboxylic acids is 1. The molecule has 8 nitrogen and oxygen atoms in total. The van der Waals surface area contributed by atoms with E-state index in [0.29, 0.717) is 5.76 Å². The van der Waals surface area contributed by atoms with Crippen molar-refractivity contribution in [1.29, 1.82) is 0 Å². The minimum Gasteiger partial charge on any atom is -0.480 e. The standard InChI is InChI=1S/C11H15N3O5/c12-5-6-1-3-8(19-6)10(16)14-7(11(17)18)2-4-9(13)15/h1,3,7H,2,4-5,12H2,(H2,13,15)(H,14,16)(H,17,18). The molecule has 0 fully saturated rings. The van der Waals surface area contributed by atoms with Crippen molar-refractivity contribution in [2.75, 3.05) is 0 Å². The maximum atomic E-state index is 11.7. The Morgan fingerprint density at radius 1 is 1.37 bits per heavy atom. The lowest BCUT2D eigenvalue weighted by Gasteiger charge is -2.12. The van der Waals surface area contributed by atoms with Crippen molar-refractivity contribution in [3.8, 4) is 0 Å². The normalized spacial score (nSPS) is 11.8. The fourth-order valence-corrected chi connectivity index (χ4v) is 1.38. The summed E-state index contributed by atoms with van der Waals surface area (Å²) >= 11 is 0. The molecule has 1 atom stereocenters. The fraction of sp³-hybridized carbons (Fsp3) is 0.364. The first-order chi connectivity index (χ1) is 8.93. The van der Waals surface area contributed by atoms with Gasteiger partial charge in [-0.05, 0) is 18.6 Å². The molecular weight excluding hydrogens is 254 g/mol. The topological polar surface area (TPSA) is 149 Å². The van der Waals surface area contributed by atoms with E-state index in [1.807, 2.05) is 0 Å². The van der Waals surface area contributed by atoms with E-state index in [4.69, 9.17) is 21.0 Å². The molecule has 1 aromatic heterocycles. The van der Waals surface area contributed by atoms with Gasteiger partial charge in [-0.2, -0.15) is 0 Å². The second-order valence-electron chi connectivity index (χ2n) is 3.84. The minimum absolute atomic E-state index is 0.0363. The van der Waals surface area contributed by atoms with Crippen LogP contribution in [-0.4, -0.2) is 28.9 Å². The van der Waals surface area contributed by atoms with Crippen LogP contribution in [0.4, 0.5) is 0 Å². The fourth-order valence-electron chi connectivity index (χ4n) is 1.38. The number of amides is 2. The Bertz CT molecular complexity index is 482. The van der Waals surface area contributed by atoms with Crippen LogP contribution in [-0.2, 0) is 16.1 Å². The van der Waals surface area contributed by atoms with Crippen LogP contribution < -0.4 is 16.8 Å². The molecule has 2 amide bonds. The Hall–Kier alpha value is -2.35. The Morgan fingerprint density at radius 2 is 2.05 bits per heavy atom. The van der Waals surface area contributed by atoms with Crippen LogP contribution in [0.15, 0.2) is 16.5 Å². The van der Waals surface area contributed by atoms with Gasteiger partial charge in [0, 0.05) is 6.42 Å². The van der Waals surface area contributed by atoms with Crippen LogP contribution in [0.5, 0.6) is 0 Å². The Morgan fingerprint density at radius 3 is 2.53 bits per heavy atom. The van der Waals surface area contributed by atoms with Gasteiger partial charge >= 0.3 is 5.97 Å². The molecule has 1 aromatic rings. The molecule has 0 aliphatic carbocycles. The third-order valence-corrected chi connectivity index (χ3v) is 2.37. The molecule has 0 spiro atoms. The number of carboxylic acid groups (broad SMARTS) is 1. The van der Waals surface area contributed by atoms with Gasteiger partial charge in [-0.1, -0.05) is 0 Å². The number of nitrogens with one attached hydrogen (secondary N) is 1. The Kier molecular flexibility index (Phi) is 5.07. The zero-order valence-electron chi connectivity index (χ0n) is 10.1. The van der Waals surface area contributed by atoms with Crippen molar-refractivity contribution in [2.24, 2.45) is 11.5 Å². The maximum absolute atomic E-state index is 11.7. The molecule has 1 unspecified atom stereocenters. The van der Waals surface area contributed by atoms with E-state index in [-0.39, 0.29) is 25.1 Å². The third kappa shape index (κ3) is 4.43. The largest absolute Gasteiger partial charge is 0.480 e. The van der Waals surface area contributed by atoms with E-state index < -0.39 is 23.8 Å². The molecule has 0 saturated heterocycles. The summed E-state index contributed by atoms with van der Waals surface area (Å²) < 4.78 is 5.08. The second kappa shape index (κ2) is 6.55. The Balaban J connectivity index is 2.65. The molecule has 6 N–H and O–H groups in total. The van der Waals surface area contributed by atoms with Gasteiger partial charge in [-0.15, -0.1) is 0 Å². The first kappa shape index (κ1) is 14.7. The lowest BCUT2D eigenvalue weighted by atomic mass is 10.1. The average Bonchev–Trinajstić information content (AvgIpc) is 2.82. The van der Waals surface area contributed by atoms with Gasteiger partial charge < -0.3 is 26.3 Å². The van der Waals surface area contributed by atoms with E-state index >= 15 is 0 Å². The van der Waals surface area contributed by atoms with Gasteiger partial charge in [0.05, 0.1) is 6.54 Å². The van der Waals surface area contributed by atoms with Gasteiger partial charge in [-0.3, -0.25) is 9.59 Å². The van der Waals surface area contributed by atoms with Crippen molar-refractivity contribution in [3.05, 3.63) is 23.7 Å². The quantitative estimate of drug-likeness (QED) is 0.508. The lowest BCUT2D eigenvalue weighted by Crippen LogP contribution is -2.41. The van der Waals surface area contributed by atoms with Gasteiger partial charge in [0.1, 0.15) is 11.8 Å².